The predicted molar refractivity (Wildman–Crippen MR) is 86.3 cm³/mol. The molecule has 0 aliphatic rings. The van der Waals surface area contributed by atoms with E-state index in [4.69, 9.17) is 4.74 Å². The van der Waals surface area contributed by atoms with Crippen molar-refractivity contribution in [1.82, 2.24) is 10.6 Å². The summed E-state index contributed by atoms with van der Waals surface area (Å²) in [5, 5.41) is 6.14. The summed E-state index contributed by atoms with van der Waals surface area (Å²) >= 11 is 0. The van der Waals surface area contributed by atoms with Crippen LogP contribution < -0.4 is 15.4 Å². The fourth-order valence-corrected chi connectivity index (χ4v) is 1.75. The van der Waals surface area contributed by atoms with Gasteiger partial charge in [-0.2, -0.15) is 0 Å². The maximum atomic E-state index is 11.9. The SMILES string of the molecule is C=CCOc1ccccc1CNC(C)C(=O)NCC(C)C. The molecule has 4 heteroatoms. The van der Waals surface area contributed by atoms with Crippen molar-refractivity contribution in [2.24, 2.45) is 5.92 Å². The minimum absolute atomic E-state index is 0.0215. The normalized spacial score (nSPS) is 12.0. The fraction of sp³-hybridized carbons (Fsp3) is 0.471. The summed E-state index contributed by atoms with van der Waals surface area (Å²) in [6.45, 7) is 11.4. The molecule has 0 aliphatic carbocycles. The highest BCUT2D eigenvalue weighted by Gasteiger charge is 2.13. The highest BCUT2D eigenvalue weighted by Crippen LogP contribution is 2.17. The minimum Gasteiger partial charge on any atom is -0.489 e. The summed E-state index contributed by atoms with van der Waals surface area (Å²) in [4.78, 5) is 11.9. The zero-order valence-electron chi connectivity index (χ0n) is 13.2. The van der Waals surface area contributed by atoms with E-state index in [0.29, 0.717) is 25.6 Å². The molecule has 1 unspecified atom stereocenters. The van der Waals surface area contributed by atoms with E-state index in [-0.39, 0.29) is 11.9 Å². The second kappa shape index (κ2) is 9.19. The Morgan fingerprint density at radius 3 is 2.71 bits per heavy atom. The molecule has 1 amide bonds. The number of ether oxygens (including phenoxy) is 1. The number of para-hydroxylation sites is 1. The van der Waals surface area contributed by atoms with Crippen molar-refractivity contribution in [3.8, 4) is 5.75 Å². The van der Waals surface area contributed by atoms with Crippen LogP contribution in [-0.2, 0) is 11.3 Å². The molecule has 116 valence electrons. The quantitative estimate of drug-likeness (QED) is 0.687. The number of nitrogens with one attached hydrogen (secondary N) is 2. The van der Waals surface area contributed by atoms with Crippen molar-refractivity contribution in [3.63, 3.8) is 0 Å². The van der Waals surface area contributed by atoms with Gasteiger partial charge < -0.3 is 15.4 Å². The molecular formula is C17H26N2O2. The van der Waals surface area contributed by atoms with Gasteiger partial charge in [-0.1, -0.05) is 44.7 Å². The maximum Gasteiger partial charge on any atom is 0.236 e. The van der Waals surface area contributed by atoms with Crippen molar-refractivity contribution in [3.05, 3.63) is 42.5 Å². The third-order valence-electron chi connectivity index (χ3n) is 3.01. The zero-order valence-corrected chi connectivity index (χ0v) is 13.2. The number of carbonyl (C=O) groups excluding carboxylic acids is 1. The zero-order chi connectivity index (χ0) is 15.7. The van der Waals surface area contributed by atoms with Crippen LogP contribution in [0.5, 0.6) is 5.75 Å². The topological polar surface area (TPSA) is 50.4 Å². The highest BCUT2D eigenvalue weighted by molar-refractivity contribution is 5.81. The van der Waals surface area contributed by atoms with Crippen LogP contribution in [0.3, 0.4) is 0 Å². The van der Waals surface area contributed by atoms with Crippen LogP contribution in [-0.4, -0.2) is 25.1 Å². The molecule has 4 nitrogen and oxygen atoms in total. The molecule has 0 saturated carbocycles. The Kier molecular flexibility index (Phi) is 7.54. The van der Waals surface area contributed by atoms with Gasteiger partial charge in [0.1, 0.15) is 12.4 Å². The first-order valence-electron chi connectivity index (χ1n) is 7.37. The third-order valence-corrected chi connectivity index (χ3v) is 3.01. The summed E-state index contributed by atoms with van der Waals surface area (Å²) in [5.41, 5.74) is 1.03. The molecule has 0 radical (unpaired) electrons. The summed E-state index contributed by atoms with van der Waals surface area (Å²) in [7, 11) is 0. The van der Waals surface area contributed by atoms with E-state index in [1.165, 1.54) is 0 Å². The Balaban J connectivity index is 2.50. The van der Waals surface area contributed by atoms with E-state index in [2.05, 4.69) is 31.1 Å². The van der Waals surface area contributed by atoms with Gasteiger partial charge in [-0.3, -0.25) is 4.79 Å². The van der Waals surface area contributed by atoms with E-state index < -0.39 is 0 Å². The molecule has 0 spiro atoms. The first-order chi connectivity index (χ1) is 10.0. The molecule has 21 heavy (non-hydrogen) atoms. The molecule has 0 bridgehead atoms. The molecule has 1 rings (SSSR count). The number of amides is 1. The number of hydrogen-bond donors (Lipinski definition) is 2. The summed E-state index contributed by atoms with van der Waals surface area (Å²) in [6, 6.07) is 7.56. The summed E-state index contributed by atoms with van der Waals surface area (Å²) in [5.74, 6) is 1.29. The van der Waals surface area contributed by atoms with Crippen molar-refractivity contribution >= 4 is 5.91 Å². The van der Waals surface area contributed by atoms with Gasteiger partial charge in [-0.15, -0.1) is 0 Å². The number of carbonyl (C=O) groups is 1. The molecule has 0 aromatic heterocycles. The first-order valence-corrected chi connectivity index (χ1v) is 7.37. The number of hydrogen-bond acceptors (Lipinski definition) is 3. The van der Waals surface area contributed by atoms with Gasteiger partial charge in [0, 0.05) is 18.7 Å². The summed E-state index contributed by atoms with van der Waals surface area (Å²) < 4.78 is 5.60. The Labute approximate surface area is 127 Å². The van der Waals surface area contributed by atoms with Crippen molar-refractivity contribution in [1.29, 1.82) is 0 Å². The van der Waals surface area contributed by atoms with Crippen molar-refractivity contribution in [2.45, 2.75) is 33.4 Å². The number of rotatable bonds is 9. The molecule has 1 aromatic rings. The Morgan fingerprint density at radius 2 is 2.05 bits per heavy atom. The van der Waals surface area contributed by atoms with Crippen LogP contribution in [0, 0.1) is 5.92 Å². The lowest BCUT2D eigenvalue weighted by Crippen LogP contribution is -2.43. The van der Waals surface area contributed by atoms with Crippen LogP contribution >= 0.6 is 0 Å². The van der Waals surface area contributed by atoms with E-state index in [1.807, 2.05) is 31.2 Å². The lowest BCUT2D eigenvalue weighted by atomic mass is 10.2. The van der Waals surface area contributed by atoms with E-state index in [1.54, 1.807) is 6.08 Å². The van der Waals surface area contributed by atoms with Gasteiger partial charge in [0.05, 0.1) is 6.04 Å². The van der Waals surface area contributed by atoms with Gasteiger partial charge in [0.15, 0.2) is 0 Å². The maximum absolute atomic E-state index is 11.9. The van der Waals surface area contributed by atoms with Crippen LogP contribution in [0.4, 0.5) is 0 Å². The average Bonchev–Trinajstić information content (AvgIpc) is 2.48. The standard InChI is InChI=1S/C17H26N2O2/c1-5-10-21-16-9-7-6-8-15(16)12-18-14(4)17(20)19-11-13(2)3/h5-9,13-14,18H,1,10-12H2,2-4H3,(H,19,20). The first kappa shape index (κ1) is 17.2. The lowest BCUT2D eigenvalue weighted by molar-refractivity contribution is -0.122. The Bertz CT molecular complexity index is 458. The molecule has 0 fully saturated rings. The Hall–Kier alpha value is -1.81. The molecule has 0 aliphatic heterocycles. The molecule has 1 aromatic carbocycles. The highest BCUT2D eigenvalue weighted by atomic mass is 16.5. The predicted octanol–water partition coefficient (Wildman–Crippen LogP) is 2.50. The summed E-state index contributed by atoms with van der Waals surface area (Å²) in [6.07, 6.45) is 1.71. The van der Waals surface area contributed by atoms with Crippen LogP contribution in [0.15, 0.2) is 36.9 Å². The molecular weight excluding hydrogens is 264 g/mol. The molecule has 0 heterocycles. The fourth-order valence-electron chi connectivity index (χ4n) is 1.75. The van der Waals surface area contributed by atoms with Crippen LogP contribution in [0.1, 0.15) is 26.3 Å². The van der Waals surface area contributed by atoms with Gasteiger partial charge in [0.25, 0.3) is 0 Å². The van der Waals surface area contributed by atoms with E-state index in [9.17, 15) is 4.79 Å². The minimum atomic E-state index is -0.240. The Morgan fingerprint density at radius 1 is 1.33 bits per heavy atom. The van der Waals surface area contributed by atoms with Gasteiger partial charge >= 0.3 is 0 Å². The van der Waals surface area contributed by atoms with Crippen molar-refractivity contribution < 1.29 is 9.53 Å². The smallest absolute Gasteiger partial charge is 0.236 e. The molecule has 2 N–H and O–H groups in total. The van der Waals surface area contributed by atoms with E-state index >= 15 is 0 Å². The van der Waals surface area contributed by atoms with Gasteiger partial charge in [0.2, 0.25) is 5.91 Å². The average molecular weight is 290 g/mol. The largest absolute Gasteiger partial charge is 0.489 e. The van der Waals surface area contributed by atoms with Crippen LogP contribution in [0.25, 0.3) is 0 Å². The lowest BCUT2D eigenvalue weighted by Gasteiger charge is -2.16. The molecule has 0 saturated heterocycles. The van der Waals surface area contributed by atoms with Crippen LogP contribution in [0.2, 0.25) is 0 Å². The second-order valence-electron chi connectivity index (χ2n) is 5.45. The number of benzene rings is 1. The monoisotopic (exact) mass is 290 g/mol. The van der Waals surface area contributed by atoms with Crippen molar-refractivity contribution in [2.75, 3.05) is 13.2 Å². The van der Waals surface area contributed by atoms with Gasteiger partial charge in [-0.25, -0.2) is 0 Å². The van der Waals surface area contributed by atoms with E-state index in [0.717, 1.165) is 11.3 Å². The van der Waals surface area contributed by atoms with Gasteiger partial charge in [-0.05, 0) is 18.9 Å². The second-order valence-corrected chi connectivity index (χ2v) is 5.45. The molecule has 1 atom stereocenters. The third kappa shape index (κ3) is 6.45.